The Bertz CT molecular complexity index is 1290. The van der Waals surface area contributed by atoms with Crippen molar-refractivity contribution in [3.05, 3.63) is 94.4 Å². The second-order valence-electron chi connectivity index (χ2n) is 6.45. The lowest BCUT2D eigenvalue weighted by Crippen LogP contribution is -2.20. The van der Waals surface area contributed by atoms with E-state index in [1.54, 1.807) is 40.0 Å². The van der Waals surface area contributed by atoms with E-state index in [4.69, 9.17) is 5.11 Å². The minimum atomic E-state index is -0.975. The van der Waals surface area contributed by atoms with E-state index in [1.807, 2.05) is 18.2 Å². The summed E-state index contributed by atoms with van der Waals surface area (Å²) in [5.41, 5.74) is 1.69. The zero-order chi connectivity index (χ0) is 20.2. The molecule has 2 aromatic carbocycles. The Hall–Kier alpha value is -4.18. The fourth-order valence-corrected chi connectivity index (χ4v) is 2.97. The van der Waals surface area contributed by atoms with Crippen LogP contribution in [-0.2, 0) is 13.1 Å². The molecular formula is C22H16N4O3. The highest BCUT2D eigenvalue weighted by molar-refractivity contribution is 5.87. The second kappa shape index (κ2) is 7.82. The molecule has 0 aliphatic heterocycles. The standard InChI is InChI=1S/C22H16N4O3/c27-21-20-12-16(2-1-10-26-15-23-14-24-26)3-6-18(20)9-11-25(21)13-17-4-7-19(8-5-17)22(28)29/h3-9,11-12,14-15H,10,13H2,(H,28,29). The molecule has 1 N–H and O–H groups in total. The number of nitrogens with zero attached hydrogens (tertiary/aromatic N) is 4. The topological polar surface area (TPSA) is 90.0 Å². The van der Waals surface area contributed by atoms with Crippen molar-refractivity contribution in [1.29, 1.82) is 0 Å². The van der Waals surface area contributed by atoms with Crippen molar-refractivity contribution in [3.63, 3.8) is 0 Å². The van der Waals surface area contributed by atoms with Gasteiger partial charge in [-0.1, -0.05) is 30.0 Å². The smallest absolute Gasteiger partial charge is 0.335 e. The van der Waals surface area contributed by atoms with Crippen LogP contribution >= 0.6 is 0 Å². The summed E-state index contributed by atoms with van der Waals surface area (Å²) in [5.74, 6) is 5.08. The van der Waals surface area contributed by atoms with E-state index in [0.717, 1.165) is 16.5 Å². The number of hydrogen-bond acceptors (Lipinski definition) is 4. The van der Waals surface area contributed by atoms with E-state index in [1.165, 1.54) is 18.5 Å². The number of aromatic carboxylic acids is 1. The lowest BCUT2D eigenvalue weighted by Gasteiger charge is -2.08. The van der Waals surface area contributed by atoms with E-state index in [-0.39, 0.29) is 11.1 Å². The van der Waals surface area contributed by atoms with Crippen molar-refractivity contribution in [2.75, 3.05) is 0 Å². The number of benzene rings is 2. The Balaban J connectivity index is 1.61. The van der Waals surface area contributed by atoms with Crippen molar-refractivity contribution in [2.45, 2.75) is 13.1 Å². The summed E-state index contributed by atoms with van der Waals surface area (Å²) in [4.78, 5) is 27.8. The molecule has 142 valence electrons. The van der Waals surface area contributed by atoms with Crippen LogP contribution in [-0.4, -0.2) is 30.4 Å². The molecule has 0 bridgehead atoms. The third kappa shape index (κ3) is 4.06. The zero-order valence-corrected chi connectivity index (χ0v) is 15.3. The Morgan fingerprint density at radius 3 is 2.66 bits per heavy atom. The van der Waals surface area contributed by atoms with Gasteiger partial charge in [-0.2, -0.15) is 5.10 Å². The molecule has 2 heterocycles. The van der Waals surface area contributed by atoms with Crippen molar-refractivity contribution in [1.82, 2.24) is 19.3 Å². The lowest BCUT2D eigenvalue weighted by atomic mass is 10.1. The first kappa shape index (κ1) is 18.2. The molecule has 0 spiro atoms. The van der Waals surface area contributed by atoms with Crippen LogP contribution < -0.4 is 5.56 Å². The summed E-state index contributed by atoms with van der Waals surface area (Å²) in [7, 11) is 0. The Kier molecular flexibility index (Phi) is 4.91. The highest BCUT2D eigenvalue weighted by Crippen LogP contribution is 2.13. The molecule has 0 amide bonds. The quantitative estimate of drug-likeness (QED) is 0.546. The molecule has 0 fully saturated rings. The number of fused-ring (bicyclic) bond motifs is 1. The molecule has 29 heavy (non-hydrogen) atoms. The fourth-order valence-electron chi connectivity index (χ4n) is 2.97. The normalized spacial score (nSPS) is 10.5. The van der Waals surface area contributed by atoms with Crippen molar-refractivity contribution in [3.8, 4) is 11.8 Å². The van der Waals surface area contributed by atoms with E-state index >= 15 is 0 Å². The van der Waals surface area contributed by atoms with Crippen LogP contribution in [0.25, 0.3) is 10.8 Å². The molecular weight excluding hydrogens is 368 g/mol. The number of pyridine rings is 1. The first-order chi connectivity index (χ1) is 14.1. The van der Waals surface area contributed by atoms with Gasteiger partial charge in [-0.25, -0.2) is 14.5 Å². The monoisotopic (exact) mass is 384 g/mol. The predicted octanol–water partition coefficient (Wildman–Crippen LogP) is 2.39. The first-order valence-corrected chi connectivity index (χ1v) is 8.87. The second-order valence-corrected chi connectivity index (χ2v) is 6.45. The number of hydrogen-bond donors (Lipinski definition) is 1. The van der Waals surface area contributed by atoms with Gasteiger partial charge in [0.05, 0.1) is 12.1 Å². The summed E-state index contributed by atoms with van der Waals surface area (Å²) in [6.45, 7) is 0.778. The Morgan fingerprint density at radius 2 is 1.93 bits per heavy atom. The van der Waals surface area contributed by atoms with Crippen LogP contribution in [0.2, 0.25) is 0 Å². The molecule has 4 rings (SSSR count). The van der Waals surface area contributed by atoms with Crippen LogP contribution in [0, 0.1) is 11.8 Å². The summed E-state index contributed by atoms with van der Waals surface area (Å²) in [6.07, 6.45) is 4.79. The maximum absolute atomic E-state index is 12.9. The Morgan fingerprint density at radius 1 is 1.10 bits per heavy atom. The largest absolute Gasteiger partial charge is 0.478 e. The maximum Gasteiger partial charge on any atom is 0.335 e. The lowest BCUT2D eigenvalue weighted by molar-refractivity contribution is 0.0697. The molecule has 0 saturated heterocycles. The van der Waals surface area contributed by atoms with Gasteiger partial charge < -0.3 is 9.67 Å². The van der Waals surface area contributed by atoms with Gasteiger partial charge in [0.2, 0.25) is 0 Å². The Labute approximate surface area is 165 Å². The molecule has 0 saturated carbocycles. The van der Waals surface area contributed by atoms with Gasteiger partial charge in [0, 0.05) is 17.1 Å². The van der Waals surface area contributed by atoms with E-state index in [9.17, 15) is 9.59 Å². The number of aromatic nitrogens is 4. The SMILES string of the molecule is O=C(O)c1ccc(Cn2ccc3ccc(C#CCn4cncn4)cc3c2=O)cc1. The van der Waals surface area contributed by atoms with Gasteiger partial charge in [0.25, 0.3) is 5.56 Å². The molecule has 0 unspecified atom stereocenters. The van der Waals surface area contributed by atoms with Gasteiger partial charge in [-0.3, -0.25) is 4.79 Å². The zero-order valence-electron chi connectivity index (χ0n) is 15.3. The van der Waals surface area contributed by atoms with Crippen molar-refractivity contribution in [2.24, 2.45) is 0 Å². The van der Waals surface area contributed by atoms with Gasteiger partial charge in [-0.15, -0.1) is 0 Å². The molecule has 7 heteroatoms. The van der Waals surface area contributed by atoms with E-state index in [2.05, 4.69) is 21.9 Å². The summed E-state index contributed by atoms with van der Waals surface area (Å²) >= 11 is 0. The van der Waals surface area contributed by atoms with E-state index < -0.39 is 5.97 Å². The summed E-state index contributed by atoms with van der Waals surface area (Å²) in [5, 5.41) is 14.4. The summed E-state index contributed by atoms with van der Waals surface area (Å²) < 4.78 is 3.22. The van der Waals surface area contributed by atoms with Crippen LogP contribution in [0.5, 0.6) is 0 Å². The molecule has 0 atom stereocenters. The minimum absolute atomic E-state index is 0.121. The minimum Gasteiger partial charge on any atom is -0.478 e. The third-order valence-corrected chi connectivity index (χ3v) is 4.47. The van der Waals surface area contributed by atoms with Gasteiger partial charge >= 0.3 is 5.97 Å². The molecule has 7 nitrogen and oxygen atoms in total. The fraction of sp³-hybridized carbons (Fsp3) is 0.0909. The van der Waals surface area contributed by atoms with Crippen molar-refractivity contribution < 1.29 is 9.90 Å². The van der Waals surface area contributed by atoms with Crippen LogP contribution in [0.15, 0.2) is 72.2 Å². The van der Waals surface area contributed by atoms with Crippen LogP contribution in [0.4, 0.5) is 0 Å². The van der Waals surface area contributed by atoms with Gasteiger partial charge in [0.15, 0.2) is 0 Å². The van der Waals surface area contributed by atoms with E-state index in [0.29, 0.717) is 18.5 Å². The summed E-state index contributed by atoms with van der Waals surface area (Å²) in [6, 6.07) is 13.9. The molecule has 0 aliphatic carbocycles. The van der Waals surface area contributed by atoms with Gasteiger partial charge in [-0.05, 0) is 41.3 Å². The third-order valence-electron chi connectivity index (χ3n) is 4.47. The molecule has 4 aromatic rings. The van der Waals surface area contributed by atoms with Crippen LogP contribution in [0.3, 0.4) is 0 Å². The average Bonchev–Trinajstić information content (AvgIpc) is 3.24. The predicted molar refractivity (Wildman–Crippen MR) is 108 cm³/mol. The maximum atomic E-state index is 12.9. The van der Waals surface area contributed by atoms with Gasteiger partial charge in [0.1, 0.15) is 19.2 Å². The molecule has 0 radical (unpaired) electrons. The highest BCUT2D eigenvalue weighted by atomic mass is 16.4. The molecule has 0 aliphatic rings. The number of rotatable bonds is 4. The number of carbonyl (C=O) groups is 1. The van der Waals surface area contributed by atoms with Crippen molar-refractivity contribution >= 4 is 16.7 Å². The average molecular weight is 384 g/mol. The number of carboxylic acid groups (broad SMARTS) is 1. The highest BCUT2D eigenvalue weighted by Gasteiger charge is 2.06. The number of carboxylic acids is 1. The van der Waals surface area contributed by atoms with Crippen LogP contribution in [0.1, 0.15) is 21.5 Å². The first-order valence-electron chi connectivity index (χ1n) is 8.87. The molecule has 2 aromatic heterocycles.